The number of benzene rings is 2. The van der Waals surface area contributed by atoms with Crippen molar-refractivity contribution in [3.8, 4) is 22.4 Å². The second kappa shape index (κ2) is 15.3. The summed E-state index contributed by atoms with van der Waals surface area (Å²) >= 11 is 0. The number of morpholine rings is 2. The van der Waals surface area contributed by atoms with Crippen molar-refractivity contribution in [2.75, 3.05) is 44.8 Å². The largest absolute Gasteiger partial charge is 0.377 e. The van der Waals surface area contributed by atoms with Crippen molar-refractivity contribution in [2.45, 2.75) is 63.7 Å². The fraction of sp³-hybridized carbons (Fsp3) is 0.474. The molecular weight excluding hydrogens is 666 g/mol. The molecule has 7 rings (SSSR count). The van der Waals surface area contributed by atoms with E-state index in [4.69, 9.17) is 9.47 Å². The van der Waals surface area contributed by atoms with Crippen LogP contribution in [0.3, 0.4) is 0 Å². The van der Waals surface area contributed by atoms with Crippen LogP contribution in [0.25, 0.3) is 22.4 Å². The van der Waals surface area contributed by atoms with E-state index >= 15 is 0 Å². The Morgan fingerprint density at radius 3 is 1.83 bits per heavy atom. The lowest BCUT2D eigenvalue weighted by molar-refractivity contribution is -0.148. The molecule has 5 amide bonds. The minimum absolute atomic E-state index is 0.0126. The maximum Gasteiger partial charge on any atom is 0.249 e. The number of anilines is 1. The molecule has 2 aromatic carbocycles. The minimum atomic E-state index is -0.811. The maximum absolute atomic E-state index is 13.3. The Morgan fingerprint density at radius 1 is 0.712 bits per heavy atom. The molecule has 1 aromatic heterocycles. The third-order valence-corrected chi connectivity index (χ3v) is 10.1. The fourth-order valence-electron chi connectivity index (χ4n) is 6.62. The van der Waals surface area contributed by atoms with Crippen LogP contribution in [0, 0.1) is 11.8 Å². The standard InChI is InChI=1S/C38H45N7O7/c1-22(40-34(46)27-7-8-27)37(49)44-15-17-51-20-31(44)33-39-19-30(43-33)26-5-3-24(4-6-26)25-11-13-29(14-12-25)42-36(48)32-21-52-18-16-45(32)38(50)23(2)41-35(47)28-9-10-28/h3-6,11-14,19,22-23,27-28,31-32H,7-10,15-18,20-21H2,1-2H3,(H,39,43)(H,40,46)(H,41,47)(H,42,48)/t22-,23-,31+,32+/m1/s1. The number of aromatic nitrogens is 2. The van der Waals surface area contributed by atoms with Gasteiger partial charge in [0.25, 0.3) is 0 Å². The molecular formula is C38H45N7O7. The number of imidazole rings is 1. The molecule has 2 aliphatic carbocycles. The number of hydrogen-bond donors (Lipinski definition) is 4. The van der Waals surface area contributed by atoms with Crippen molar-refractivity contribution in [3.05, 3.63) is 60.6 Å². The van der Waals surface area contributed by atoms with Crippen LogP contribution in [-0.2, 0) is 33.4 Å². The van der Waals surface area contributed by atoms with Crippen LogP contribution in [0.4, 0.5) is 5.69 Å². The van der Waals surface area contributed by atoms with E-state index in [9.17, 15) is 24.0 Å². The molecule has 4 fully saturated rings. The van der Waals surface area contributed by atoms with Gasteiger partial charge in [0.2, 0.25) is 29.5 Å². The first-order valence-electron chi connectivity index (χ1n) is 18.1. The number of rotatable bonds is 11. The Balaban J connectivity index is 0.957. The highest BCUT2D eigenvalue weighted by atomic mass is 16.5. The summed E-state index contributed by atoms with van der Waals surface area (Å²) in [5.74, 6) is -0.362. The van der Waals surface area contributed by atoms with Crippen molar-refractivity contribution in [1.82, 2.24) is 30.4 Å². The van der Waals surface area contributed by atoms with Crippen LogP contribution in [0.5, 0.6) is 0 Å². The topological polar surface area (TPSA) is 175 Å². The van der Waals surface area contributed by atoms with Crippen LogP contribution in [0.2, 0.25) is 0 Å². The van der Waals surface area contributed by atoms with Crippen LogP contribution in [0.1, 0.15) is 51.4 Å². The first-order valence-corrected chi connectivity index (χ1v) is 18.1. The molecule has 14 nitrogen and oxygen atoms in total. The van der Waals surface area contributed by atoms with Gasteiger partial charge in [-0.25, -0.2) is 4.98 Å². The van der Waals surface area contributed by atoms with E-state index in [0.29, 0.717) is 37.9 Å². The van der Waals surface area contributed by atoms with Gasteiger partial charge in [-0.3, -0.25) is 24.0 Å². The number of aromatic amines is 1. The molecule has 2 saturated carbocycles. The van der Waals surface area contributed by atoms with Crippen molar-refractivity contribution < 1.29 is 33.4 Å². The van der Waals surface area contributed by atoms with Crippen molar-refractivity contribution in [1.29, 1.82) is 0 Å². The molecule has 3 heterocycles. The van der Waals surface area contributed by atoms with E-state index in [1.165, 1.54) is 4.90 Å². The zero-order valence-corrected chi connectivity index (χ0v) is 29.4. The SMILES string of the molecule is C[C@@H](NC(=O)C1CC1)C(=O)N1CCOC[C@H]1C(=O)Nc1ccc(-c2ccc(-c3cnc([C@@H]4COCCN4C(=O)[C@@H](C)NC(=O)C4CC4)[nH]3)cc2)cc1. The Labute approximate surface area is 302 Å². The first kappa shape index (κ1) is 35.3. The fourth-order valence-corrected chi connectivity index (χ4v) is 6.62. The summed E-state index contributed by atoms with van der Waals surface area (Å²) in [6.07, 6.45) is 5.18. The normalized spacial score (nSPS) is 21.5. The van der Waals surface area contributed by atoms with Gasteiger partial charge in [0.1, 0.15) is 30.0 Å². The molecule has 274 valence electrons. The Kier molecular flexibility index (Phi) is 10.4. The smallest absolute Gasteiger partial charge is 0.249 e. The van der Waals surface area contributed by atoms with Gasteiger partial charge >= 0.3 is 0 Å². The zero-order chi connectivity index (χ0) is 36.4. The molecule has 0 radical (unpaired) electrons. The molecule has 4 atom stereocenters. The molecule has 0 bridgehead atoms. The second-order valence-electron chi connectivity index (χ2n) is 14.1. The third-order valence-electron chi connectivity index (χ3n) is 10.1. The number of hydrogen-bond acceptors (Lipinski definition) is 8. The van der Waals surface area contributed by atoms with Crippen LogP contribution >= 0.6 is 0 Å². The molecule has 3 aromatic rings. The lowest BCUT2D eigenvalue weighted by Crippen LogP contribution is -2.58. The number of nitrogens with zero attached hydrogens (tertiary/aromatic N) is 3. The molecule has 0 unspecified atom stereocenters. The first-order chi connectivity index (χ1) is 25.2. The van der Waals surface area contributed by atoms with E-state index in [2.05, 4.69) is 25.9 Å². The maximum atomic E-state index is 13.3. The van der Waals surface area contributed by atoms with E-state index in [-0.39, 0.29) is 54.5 Å². The Hall–Kier alpha value is -5.08. The van der Waals surface area contributed by atoms with E-state index < -0.39 is 24.2 Å². The zero-order valence-electron chi connectivity index (χ0n) is 29.4. The minimum Gasteiger partial charge on any atom is -0.377 e. The number of carbonyl (C=O) groups excluding carboxylic acids is 5. The average molecular weight is 712 g/mol. The molecule has 2 saturated heterocycles. The second-order valence-corrected chi connectivity index (χ2v) is 14.1. The summed E-state index contributed by atoms with van der Waals surface area (Å²) in [6.45, 7) is 5.18. The van der Waals surface area contributed by atoms with Crippen molar-refractivity contribution >= 4 is 35.2 Å². The van der Waals surface area contributed by atoms with Gasteiger partial charge in [0.05, 0.1) is 38.3 Å². The van der Waals surface area contributed by atoms with Gasteiger partial charge in [0.15, 0.2) is 0 Å². The highest BCUT2D eigenvalue weighted by molar-refractivity contribution is 5.99. The molecule has 2 aliphatic heterocycles. The van der Waals surface area contributed by atoms with E-state index in [1.807, 2.05) is 48.5 Å². The van der Waals surface area contributed by atoms with Crippen molar-refractivity contribution in [3.63, 3.8) is 0 Å². The van der Waals surface area contributed by atoms with Gasteiger partial charge in [-0.2, -0.15) is 0 Å². The van der Waals surface area contributed by atoms with E-state index in [1.54, 1.807) is 24.9 Å². The molecule has 52 heavy (non-hydrogen) atoms. The van der Waals surface area contributed by atoms with Crippen LogP contribution in [-0.4, -0.2) is 107 Å². The highest BCUT2D eigenvalue weighted by Crippen LogP contribution is 2.31. The number of carbonyl (C=O) groups is 5. The number of amides is 5. The van der Waals surface area contributed by atoms with Crippen molar-refractivity contribution in [2.24, 2.45) is 11.8 Å². The Morgan fingerprint density at radius 2 is 1.23 bits per heavy atom. The summed E-state index contributed by atoms with van der Waals surface area (Å²) in [4.78, 5) is 75.5. The van der Waals surface area contributed by atoms with E-state index in [0.717, 1.165) is 48.1 Å². The number of ether oxygens (including phenoxy) is 2. The van der Waals surface area contributed by atoms with Gasteiger partial charge in [-0.15, -0.1) is 0 Å². The van der Waals surface area contributed by atoms with Gasteiger partial charge in [-0.1, -0.05) is 36.4 Å². The number of H-pyrrole nitrogens is 1. The van der Waals surface area contributed by atoms with Crippen LogP contribution < -0.4 is 16.0 Å². The molecule has 4 aliphatic rings. The van der Waals surface area contributed by atoms with Gasteiger partial charge < -0.3 is 40.2 Å². The van der Waals surface area contributed by atoms with Gasteiger partial charge in [0, 0.05) is 30.6 Å². The predicted molar refractivity (Wildman–Crippen MR) is 190 cm³/mol. The quantitative estimate of drug-likeness (QED) is 0.235. The Bertz CT molecular complexity index is 1800. The predicted octanol–water partition coefficient (Wildman–Crippen LogP) is 2.64. The molecule has 0 spiro atoms. The monoisotopic (exact) mass is 711 g/mol. The summed E-state index contributed by atoms with van der Waals surface area (Å²) in [6, 6.07) is 12.9. The lowest BCUT2D eigenvalue weighted by Gasteiger charge is -2.36. The summed E-state index contributed by atoms with van der Waals surface area (Å²) in [5.41, 5.74) is 4.22. The highest BCUT2D eigenvalue weighted by Gasteiger charge is 2.38. The summed E-state index contributed by atoms with van der Waals surface area (Å²) in [5, 5.41) is 8.54. The summed E-state index contributed by atoms with van der Waals surface area (Å²) < 4.78 is 11.3. The lowest BCUT2D eigenvalue weighted by atomic mass is 10.0. The van der Waals surface area contributed by atoms with Gasteiger partial charge in [-0.05, 0) is 68.4 Å². The molecule has 14 heteroatoms. The average Bonchev–Trinajstić information content (AvgIpc) is 4.12. The third kappa shape index (κ3) is 8.02. The number of nitrogens with one attached hydrogen (secondary N) is 4. The van der Waals surface area contributed by atoms with Crippen LogP contribution in [0.15, 0.2) is 54.7 Å². The summed E-state index contributed by atoms with van der Waals surface area (Å²) in [7, 11) is 0. The molecule has 4 N–H and O–H groups in total.